The zero-order chi connectivity index (χ0) is 43.8. The van der Waals surface area contributed by atoms with E-state index in [1.54, 1.807) is 11.8 Å². The summed E-state index contributed by atoms with van der Waals surface area (Å²) in [6.45, 7) is 14.0. The summed E-state index contributed by atoms with van der Waals surface area (Å²) in [6.07, 6.45) is 6.73. The van der Waals surface area contributed by atoms with Crippen LogP contribution in [0, 0.1) is 10.1 Å². The minimum atomic E-state index is -4.27. The molecule has 1 unspecified atom stereocenters. The van der Waals surface area contributed by atoms with Gasteiger partial charge in [0.25, 0.3) is 15.7 Å². The van der Waals surface area contributed by atoms with E-state index in [1.165, 1.54) is 48.0 Å². The van der Waals surface area contributed by atoms with Gasteiger partial charge in [0, 0.05) is 90.2 Å². The Labute approximate surface area is 375 Å². The van der Waals surface area contributed by atoms with Crippen LogP contribution in [0.4, 0.5) is 22.9 Å². The van der Waals surface area contributed by atoms with Gasteiger partial charge in [-0.3, -0.25) is 24.6 Å². The second kappa shape index (κ2) is 20.6. The van der Waals surface area contributed by atoms with Gasteiger partial charge in [-0.15, -0.1) is 11.8 Å². The molecule has 1 fully saturated rings. The average molecular weight is 898 g/mol. The maximum atomic E-state index is 13.9. The summed E-state index contributed by atoms with van der Waals surface area (Å²) in [6, 6.07) is 28.6. The lowest BCUT2D eigenvalue weighted by Gasteiger charge is -2.37. The first kappa shape index (κ1) is 45.3. The molecule has 5 aromatic rings. The van der Waals surface area contributed by atoms with Crippen LogP contribution < -0.4 is 14.9 Å². The minimum absolute atomic E-state index is 0.103. The van der Waals surface area contributed by atoms with Gasteiger partial charge in [0.1, 0.15) is 12.0 Å². The number of piperazine rings is 1. The van der Waals surface area contributed by atoms with Crippen molar-refractivity contribution in [3.8, 4) is 0 Å². The normalized spacial score (nSPS) is 15.8. The Balaban J connectivity index is 1.03. The lowest BCUT2D eigenvalue weighted by Crippen LogP contribution is -2.47. The average Bonchev–Trinajstić information content (AvgIpc) is 3.26. The summed E-state index contributed by atoms with van der Waals surface area (Å²) in [5.41, 5.74) is 5.81. The lowest BCUT2D eigenvalue weighted by atomic mass is 9.87. The monoisotopic (exact) mass is 896 g/mol. The number of thioether (sulfide) groups is 1. The fraction of sp³-hybridized carbons (Fsp3) is 0.404. The molecule has 4 aromatic carbocycles. The first-order valence-corrected chi connectivity index (χ1v) is 24.4. The molecule has 0 saturated carbocycles. The fourth-order valence-corrected chi connectivity index (χ4v) is 10.8. The Hall–Kier alpha value is -4.73. The third-order valence-electron chi connectivity index (χ3n) is 11.9. The largest absolute Gasteiger partial charge is 0.376 e. The molecule has 12 nitrogen and oxygen atoms in total. The number of allylic oxidation sites excluding steroid dienone is 1. The summed E-state index contributed by atoms with van der Waals surface area (Å²) >= 11 is 7.86. The van der Waals surface area contributed by atoms with Gasteiger partial charge in [0.15, 0.2) is 5.82 Å². The Bertz CT molecular complexity index is 2450. The molecule has 7 rings (SSSR count). The molecule has 0 bridgehead atoms. The van der Waals surface area contributed by atoms with Gasteiger partial charge in [0.2, 0.25) is 0 Å². The van der Waals surface area contributed by atoms with Crippen molar-refractivity contribution in [1.29, 1.82) is 0 Å². The quantitative estimate of drug-likeness (QED) is 0.0494. The third-order valence-corrected chi connectivity index (χ3v) is 14.6. The third kappa shape index (κ3) is 11.4. The lowest BCUT2D eigenvalue weighted by molar-refractivity contribution is -0.384. The van der Waals surface area contributed by atoms with Crippen LogP contribution in [0.5, 0.6) is 0 Å². The van der Waals surface area contributed by atoms with Crippen molar-refractivity contribution in [3.63, 3.8) is 0 Å². The maximum absolute atomic E-state index is 13.9. The van der Waals surface area contributed by atoms with Crippen molar-refractivity contribution in [2.24, 2.45) is 0 Å². The van der Waals surface area contributed by atoms with Crippen LogP contribution in [0.1, 0.15) is 65.4 Å². The van der Waals surface area contributed by atoms with Crippen LogP contribution in [-0.4, -0.2) is 96.3 Å². The molecular formula is C47H57ClN8O4S2. The summed E-state index contributed by atoms with van der Waals surface area (Å²) in [5, 5.41) is 17.2. The van der Waals surface area contributed by atoms with E-state index in [2.05, 4.69) is 74.5 Å². The number of aromatic nitrogens is 2. The minimum Gasteiger partial charge on any atom is -0.376 e. The van der Waals surface area contributed by atoms with Crippen LogP contribution in [0.15, 0.2) is 113 Å². The van der Waals surface area contributed by atoms with Gasteiger partial charge >= 0.3 is 0 Å². The Morgan fingerprint density at radius 2 is 1.61 bits per heavy atom. The molecule has 2 aliphatic rings. The molecule has 62 heavy (non-hydrogen) atoms. The highest BCUT2D eigenvalue weighted by atomic mass is 35.5. The van der Waals surface area contributed by atoms with Gasteiger partial charge in [-0.05, 0) is 126 Å². The van der Waals surface area contributed by atoms with Crippen LogP contribution in [0.3, 0.4) is 0 Å². The van der Waals surface area contributed by atoms with E-state index in [0.29, 0.717) is 28.7 Å². The topological polar surface area (TPSA) is 137 Å². The molecule has 328 valence electrons. The first-order valence-electron chi connectivity index (χ1n) is 21.5. The SMILES string of the molecule is CC(C)N(CCC(CSc1ccccc1)Nc1ccc(S(=O)(=O)Nc2ncnc3cc(N4CCN(CC5=C(c6ccc(Cl)cc6)CCCC5)CC4)ccc23)cc1[N+](=O)[O-])C(C)C. The molecule has 1 aliphatic carbocycles. The molecule has 1 aromatic heterocycles. The van der Waals surface area contributed by atoms with Crippen molar-refractivity contribution in [2.75, 3.05) is 60.0 Å². The van der Waals surface area contributed by atoms with Crippen LogP contribution in [0.2, 0.25) is 5.02 Å². The first-order chi connectivity index (χ1) is 29.8. The van der Waals surface area contributed by atoms with E-state index >= 15 is 0 Å². The highest BCUT2D eigenvalue weighted by molar-refractivity contribution is 7.99. The standard InChI is InChI=1S/C47H57ClN8O4S2/c1-33(2)55(34(3)4)23-22-38(31-61-40-11-6-5-7-12-40)51-44-21-19-41(29-46(44)56(57)58)62(59,60)52-47-43-20-18-39(28-45(43)49-32-50-47)54-26-24-53(25-27-54)30-36-10-8-9-13-42(36)35-14-16-37(48)17-15-35/h5-7,11-12,14-21,28-29,32-34,38,51H,8-10,13,22-27,30-31H2,1-4H3,(H,49,50,52). The summed E-state index contributed by atoms with van der Waals surface area (Å²) in [7, 11) is -4.27. The second-order valence-corrected chi connectivity index (χ2v) is 19.9. The summed E-state index contributed by atoms with van der Waals surface area (Å²) in [5.74, 6) is 0.766. The van der Waals surface area contributed by atoms with Crippen molar-refractivity contribution in [1.82, 2.24) is 19.8 Å². The number of nitrogens with one attached hydrogen (secondary N) is 2. The van der Waals surface area contributed by atoms with Crippen LogP contribution >= 0.6 is 23.4 Å². The number of fused-ring (bicyclic) bond motifs is 1. The number of sulfonamides is 1. The maximum Gasteiger partial charge on any atom is 0.293 e. The highest BCUT2D eigenvalue weighted by Gasteiger charge is 2.26. The number of rotatable bonds is 18. The van der Waals surface area contributed by atoms with Gasteiger partial charge in [0.05, 0.1) is 15.3 Å². The molecule has 2 heterocycles. The molecule has 0 radical (unpaired) electrons. The highest BCUT2D eigenvalue weighted by Crippen LogP contribution is 2.35. The predicted molar refractivity (Wildman–Crippen MR) is 255 cm³/mol. The number of hydrogen-bond donors (Lipinski definition) is 2. The number of anilines is 3. The molecule has 15 heteroatoms. The van der Waals surface area contributed by atoms with Crippen molar-refractivity contribution in [3.05, 3.63) is 124 Å². The number of hydrogen-bond acceptors (Lipinski definition) is 11. The van der Waals surface area contributed by atoms with E-state index < -0.39 is 14.9 Å². The van der Waals surface area contributed by atoms with Crippen molar-refractivity contribution < 1.29 is 13.3 Å². The Morgan fingerprint density at radius 3 is 2.32 bits per heavy atom. The molecule has 1 saturated heterocycles. The molecular weight excluding hydrogens is 840 g/mol. The van der Waals surface area contributed by atoms with E-state index in [-0.39, 0.29) is 28.1 Å². The fourth-order valence-electron chi connectivity index (χ4n) is 8.59. The summed E-state index contributed by atoms with van der Waals surface area (Å²) in [4.78, 5) is 28.9. The smallest absolute Gasteiger partial charge is 0.293 e. The molecule has 1 atom stereocenters. The number of nitro groups is 1. The van der Waals surface area contributed by atoms with E-state index in [0.717, 1.165) is 80.2 Å². The van der Waals surface area contributed by atoms with E-state index in [4.69, 9.17) is 11.6 Å². The van der Waals surface area contributed by atoms with E-state index in [9.17, 15) is 18.5 Å². The van der Waals surface area contributed by atoms with Crippen LogP contribution in [0.25, 0.3) is 16.5 Å². The van der Waals surface area contributed by atoms with E-state index in [1.807, 2.05) is 60.7 Å². The van der Waals surface area contributed by atoms with Gasteiger partial charge in [-0.1, -0.05) is 47.5 Å². The summed E-state index contributed by atoms with van der Waals surface area (Å²) < 4.78 is 30.3. The van der Waals surface area contributed by atoms with Gasteiger partial charge < -0.3 is 10.2 Å². The Morgan fingerprint density at radius 1 is 0.887 bits per heavy atom. The number of nitrogens with zero attached hydrogens (tertiary/aromatic N) is 6. The number of nitro benzene ring substituents is 1. The zero-order valence-electron chi connectivity index (χ0n) is 36.0. The predicted octanol–water partition coefficient (Wildman–Crippen LogP) is 10.2. The molecule has 0 spiro atoms. The second-order valence-electron chi connectivity index (χ2n) is 16.7. The molecule has 2 N–H and O–H groups in total. The molecule has 1 aliphatic heterocycles. The number of halogens is 1. The van der Waals surface area contributed by atoms with Gasteiger partial charge in [-0.25, -0.2) is 18.4 Å². The Kier molecular flexibility index (Phi) is 15.1. The van der Waals surface area contributed by atoms with Gasteiger partial charge in [-0.2, -0.15) is 0 Å². The number of benzene rings is 4. The van der Waals surface area contributed by atoms with Crippen molar-refractivity contribution in [2.45, 2.75) is 87.7 Å². The van der Waals surface area contributed by atoms with Crippen LogP contribution in [-0.2, 0) is 10.0 Å². The van der Waals surface area contributed by atoms with Crippen molar-refractivity contribution >= 4 is 72.7 Å². The zero-order valence-corrected chi connectivity index (χ0v) is 38.4. The molecule has 0 amide bonds.